The zero-order chi connectivity index (χ0) is 29.6. The van der Waals surface area contributed by atoms with Gasteiger partial charge in [-0.15, -0.1) is 0 Å². The minimum absolute atomic E-state index is 0.0256. The second kappa shape index (κ2) is 16.7. The molecule has 2 N–H and O–H groups in total. The monoisotopic (exact) mass is 551 g/mol. The summed E-state index contributed by atoms with van der Waals surface area (Å²) < 4.78 is 26.0. The second-order valence-corrected chi connectivity index (χ2v) is 11.0. The van der Waals surface area contributed by atoms with E-state index in [2.05, 4.69) is 0 Å². The summed E-state index contributed by atoms with van der Waals surface area (Å²) in [6.07, 6.45) is 0.770. The molecule has 0 fully saturated rings. The van der Waals surface area contributed by atoms with Gasteiger partial charge < -0.3 is 29.4 Å². The van der Waals surface area contributed by atoms with Crippen molar-refractivity contribution in [3.63, 3.8) is 0 Å². The maximum atomic E-state index is 12.6. The zero-order valence-electron chi connectivity index (χ0n) is 24.4. The van der Waals surface area contributed by atoms with Gasteiger partial charge in [0, 0.05) is 25.7 Å². The first-order chi connectivity index (χ1) is 18.2. The first kappa shape index (κ1) is 33.9. The summed E-state index contributed by atoms with van der Waals surface area (Å²) in [6.45, 7) is 11.8. The van der Waals surface area contributed by atoms with Crippen molar-refractivity contribution in [1.29, 1.82) is 0 Å². The van der Waals surface area contributed by atoms with E-state index in [0.717, 1.165) is 0 Å². The number of nitrogens with two attached hydrogens (primary N) is 1. The standard InChI is InChI=1S/C29H45NO9/c1-19(2)8-12-25(31)38-23-11-10-22(16-24(23)39-26(32)13-9-20(3)4)17-29(30,27(33)35-7)14-15-36-28(34)37-18-21(5)6/h10-11,16,19-21H,8-9,12-15,17-18,30H2,1-7H3/t29-/m1/s1. The normalized spacial score (nSPS) is 12.7. The number of carbonyl (C=O) groups excluding carboxylic acids is 4. The highest BCUT2D eigenvalue weighted by Gasteiger charge is 2.36. The number of ether oxygens (including phenoxy) is 5. The van der Waals surface area contributed by atoms with Crippen molar-refractivity contribution in [2.45, 2.75) is 85.6 Å². The SMILES string of the molecule is COC(=O)[C@@](N)(CCOC(=O)OCC(C)C)Cc1ccc(OC(=O)CCC(C)C)c(OC(=O)CCC(C)C)c1. The third kappa shape index (κ3) is 13.5. The fourth-order valence-corrected chi connectivity index (χ4v) is 3.41. The molecule has 0 saturated heterocycles. The molecule has 220 valence electrons. The number of benzene rings is 1. The third-order valence-electron chi connectivity index (χ3n) is 5.72. The predicted molar refractivity (Wildman–Crippen MR) is 145 cm³/mol. The summed E-state index contributed by atoms with van der Waals surface area (Å²) in [4.78, 5) is 49.3. The molecule has 1 aromatic carbocycles. The van der Waals surface area contributed by atoms with Crippen LogP contribution < -0.4 is 15.2 Å². The molecule has 10 heteroatoms. The Hall–Kier alpha value is -3.14. The molecule has 0 unspecified atom stereocenters. The van der Waals surface area contributed by atoms with Gasteiger partial charge in [0.25, 0.3) is 0 Å². The molecule has 39 heavy (non-hydrogen) atoms. The Morgan fingerprint density at radius 1 is 0.821 bits per heavy atom. The summed E-state index contributed by atoms with van der Waals surface area (Å²) in [6, 6.07) is 4.64. The van der Waals surface area contributed by atoms with Gasteiger partial charge in [-0.25, -0.2) is 4.79 Å². The van der Waals surface area contributed by atoms with Gasteiger partial charge in [0.1, 0.15) is 5.54 Å². The summed E-state index contributed by atoms with van der Waals surface area (Å²) >= 11 is 0. The number of esters is 3. The molecule has 0 spiro atoms. The van der Waals surface area contributed by atoms with Crippen molar-refractivity contribution < 1.29 is 42.9 Å². The van der Waals surface area contributed by atoms with E-state index < -0.39 is 29.6 Å². The van der Waals surface area contributed by atoms with Gasteiger partial charge in [0.05, 0.1) is 20.3 Å². The van der Waals surface area contributed by atoms with Gasteiger partial charge in [-0.05, 0) is 48.3 Å². The lowest BCUT2D eigenvalue weighted by molar-refractivity contribution is -0.147. The third-order valence-corrected chi connectivity index (χ3v) is 5.72. The molecule has 0 saturated carbocycles. The Morgan fingerprint density at radius 3 is 1.90 bits per heavy atom. The van der Waals surface area contributed by atoms with E-state index >= 15 is 0 Å². The fourth-order valence-electron chi connectivity index (χ4n) is 3.41. The lowest BCUT2D eigenvalue weighted by Crippen LogP contribution is -2.51. The predicted octanol–water partition coefficient (Wildman–Crippen LogP) is 4.98. The van der Waals surface area contributed by atoms with E-state index in [4.69, 9.17) is 29.4 Å². The molecule has 1 rings (SSSR count). The van der Waals surface area contributed by atoms with E-state index in [1.54, 1.807) is 6.07 Å². The molecule has 0 aromatic heterocycles. The number of carbonyl (C=O) groups is 4. The average molecular weight is 552 g/mol. The van der Waals surface area contributed by atoms with Crippen molar-refractivity contribution >= 4 is 24.1 Å². The van der Waals surface area contributed by atoms with Crippen LogP contribution in [-0.4, -0.2) is 49.9 Å². The van der Waals surface area contributed by atoms with E-state index in [9.17, 15) is 19.2 Å². The van der Waals surface area contributed by atoms with E-state index in [1.165, 1.54) is 19.2 Å². The van der Waals surface area contributed by atoms with Gasteiger partial charge in [-0.2, -0.15) is 0 Å². The van der Waals surface area contributed by atoms with Crippen LogP contribution in [0.25, 0.3) is 0 Å². The largest absolute Gasteiger partial charge is 0.508 e. The van der Waals surface area contributed by atoms with Crippen LogP contribution in [0.2, 0.25) is 0 Å². The van der Waals surface area contributed by atoms with Crippen LogP contribution in [0.3, 0.4) is 0 Å². The Kier molecular flexibility index (Phi) is 14.5. The summed E-state index contributed by atoms with van der Waals surface area (Å²) in [5, 5.41) is 0. The van der Waals surface area contributed by atoms with Crippen LogP contribution in [0.15, 0.2) is 18.2 Å². The first-order valence-corrected chi connectivity index (χ1v) is 13.5. The van der Waals surface area contributed by atoms with Crippen LogP contribution in [-0.2, 0) is 35.0 Å². The molecule has 1 aromatic rings. The molecule has 1 atom stereocenters. The van der Waals surface area contributed by atoms with Crippen LogP contribution in [0.4, 0.5) is 4.79 Å². The van der Waals surface area contributed by atoms with Crippen molar-refractivity contribution in [2.24, 2.45) is 23.5 Å². The highest BCUT2D eigenvalue weighted by Crippen LogP contribution is 2.31. The maximum absolute atomic E-state index is 12.6. The van der Waals surface area contributed by atoms with Crippen LogP contribution >= 0.6 is 0 Å². The molecule has 0 heterocycles. The lowest BCUT2D eigenvalue weighted by atomic mass is 9.88. The van der Waals surface area contributed by atoms with Crippen molar-refractivity contribution in [1.82, 2.24) is 0 Å². The maximum Gasteiger partial charge on any atom is 0.508 e. The van der Waals surface area contributed by atoms with Gasteiger partial charge in [-0.1, -0.05) is 47.6 Å². The Bertz CT molecular complexity index is 958. The van der Waals surface area contributed by atoms with E-state index in [0.29, 0.717) is 30.2 Å². The van der Waals surface area contributed by atoms with Crippen LogP contribution in [0, 0.1) is 17.8 Å². The Labute approximate surface area is 231 Å². The molecule has 0 radical (unpaired) electrons. The molecule has 0 aliphatic carbocycles. The molecule has 0 aliphatic rings. The van der Waals surface area contributed by atoms with Crippen molar-refractivity contribution in [3.05, 3.63) is 23.8 Å². The highest BCUT2D eigenvalue weighted by molar-refractivity contribution is 5.81. The van der Waals surface area contributed by atoms with Crippen molar-refractivity contribution in [3.8, 4) is 11.5 Å². The van der Waals surface area contributed by atoms with Gasteiger partial charge in [-0.3, -0.25) is 14.4 Å². The van der Waals surface area contributed by atoms with Gasteiger partial charge >= 0.3 is 24.1 Å². The zero-order valence-corrected chi connectivity index (χ0v) is 24.4. The Balaban J connectivity index is 3.11. The molecular formula is C29H45NO9. The fraction of sp³-hybridized carbons (Fsp3) is 0.655. The van der Waals surface area contributed by atoms with Crippen LogP contribution in [0.1, 0.15) is 79.2 Å². The number of methoxy groups -OCH3 is 1. The van der Waals surface area contributed by atoms with Crippen LogP contribution in [0.5, 0.6) is 11.5 Å². The smallest absolute Gasteiger partial charge is 0.468 e. The minimum Gasteiger partial charge on any atom is -0.468 e. The molecule has 0 bridgehead atoms. The van der Waals surface area contributed by atoms with E-state index in [-0.39, 0.29) is 56.3 Å². The molecule has 10 nitrogen and oxygen atoms in total. The number of hydrogen-bond donors (Lipinski definition) is 1. The Morgan fingerprint density at radius 2 is 1.38 bits per heavy atom. The second-order valence-electron chi connectivity index (χ2n) is 11.0. The van der Waals surface area contributed by atoms with Gasteiger partial charge in [0.15, 0.2) is 11.5 Å². The minimum atomic E-state index is -1.55. The highest BCUT2D eigenvalue weighted by atomic mass is 16.7. The lowest BCUT2D eigenvalue weighted by Gasteiger charge is -2.26. The number of hydrogen-bond acceptors (Lipinski definition) is 10. The molecule has 0 amide bonds. The quantitative estimate of drug-likeness (QED) is 0.221. The summed E-state index contributed by atoms with van der Waals surface area (Å²) in [5.41, 5.74) is 5.38. The summed E-state index contributed by atoms with van der Waals surface area (Å²) in [7, 11) is 1.21. The van der Waals surface area contributed by atoms with Gasteiger partial charge in [0.2, 0.25) is 0 Å². The van der Waals surface area contributed by atoms with E-state index in [1.807, 2.05) is 41.5 Å². The number of rotatable bonds is 16. The van der Waals surface area contributed by atoms with Crippen molar-refractivity contribution in [2.75, 3.05) is 20.3 Å². The molecule has 0 aliphatic heterocycles. The average Bonchev–Trinajstić information content (AvgIpc) is 2.86. The topological polar surface area (TPSA) is 140 Å². The molecular weight excluding hydrogens is 506 g/mol. The summed E-state index contributed by atoms with van der Waals surface area (Å²) in [5.74, 6) is -0.693. The first-order valence-electron chi connectivity index (χ1n) is 13.5.